The third kappa shape index (κ3) is 5.45. The molecule has 1 aromatic heterocycles. The highest BCUT2D eigenvalue weighted by Gasteiger charge is 2.78. The summed E-state index contributed by atoms with van der Waals surface area (Å²) in [6.45, 7) is 12.4. The minimum absolute atomic E-state index is 0.0658. The summed E-state index contributed by atoms with van der Waals surface area (Å²) >= 11 is 0. The first-order valence-electron chi connectivity index (χ1n) is 16.5. The van der Waals surface area contributed by atoms with Gasteiger partial charge >= 0.3 is 0 Å². The number of aliphatic hydroxyl groups is 1. The Morgan fingerprint density at radius 1 is 1.06 bits per heavy atom. The van der Waals surface area contributed by atoms with Crippen molar-refractivity contribution in [2.45, 2.75) is 69.5 Å². The second kappa shape index (κ2) is 13.0. The lowest BCUT2D eigenvalue weighted by Gasteiger charge is -2.39. The molecular formula is C36H44N6O5. The number of aliphatic hydroxyl groups excluding tert-OH is 1. The smallest absolute Gasteiger partial charge is 0.250 e. The number of carbonyl (C=O) groups is 3. The number of benzene rings is 2. The molecule has 3 aromatic rings. The SMILES string of the molecule is C=CCN(Cn1nnc2ccccc21)C(=O)C1N([C@@H](CO)Cc2ccccc2)C(=O)[C@@H]2[C@H](C(=O)N(CC=C)CCC)[C@]3(C)CCC12O3. The Morgan fingerprint density at radius 2 is 1.77 bits per heavy atom. The second-order valence-corrected chi connectivity index (χ2v) is 13.1. The lowest BCUT2D eigenvalue weighted by atomic mass is 9.66. The summed E-state index contributed by atoms with van der Waals surface area (Å²) in [6.07, 6.45) is 5.37. The van der Waals surface area contributed by atoms with Crippen LogP contribution in [0, 0.1) is 11.8 Å². The van der Waals surface area contributed by atoms with Gasteiger partial charge in [0.2, 0.25) is 17.7 Å². The van der Waals surface area contributed by atoms with Gasteiger partial charge in [-0.1, -0.05) is 66.8 Å². The summed E-state index contributed by atoms with van der Waals surface area (Å²) in [5.41, 5.74) is 0.206. The van der Waals surface area contributed by atoms with Gasteiger partial charge in [-0.3, -0.25) is 14.4 Å². The van der Waals surface area contributed by atoms with Crippen molar-refractivity contribution in [2.75, 3.05) is 26.2 Å². The number of para-hydroxylation sites is 1. The van der Waals surface area contributed by atoms with Crippen molar-refractivity contribution in [3.05, 3.63) is 85.5 Å². The van der Waals surface area contributed by atoms with Gasteiger partial charge in [-0.2, -0.15) is 0 Å². The highest BCUT2D eigenvalue weighted by atomic mass is 16.5. The summed E-state index contributed by atoms with van der Waals surface area (Å²) in [7, 11) is 0. The van der Waals surface area contributed by atoms with E-state index in [1.54, 1.807) is 31.5 Å². The van der Waals surface area contributed by atoms with E-state index >= 15 is 4.79 Å². The summed E-state index contributed by atoms with van der Waals surface area (Å²) in [5, 5.41) is 19.4. The van der Waals surface area contributed by atoms with E-state index in [0.29, 0.717) is 37.9 Å². The average Bonchev–Trinajstić information content (AvgIpc) is 3.78. The second-order valence-electron chi connectivity index (χ2n) is 13.1. The molecule has 3 aliphatic heterocycles. The molecule has 3 fully saturated rings. The van der Waals surface area contributed by atoms with Crippen LogP contribution in [-0.4, -0.2) is 102 Å². The molecule has 1 N–H and O–H groups in total. The van der Waals surface area contributed by atoms with E-state index in [-0.39, 0.29) is 37.5 Å². The Kier molecular flexibility index (Phi) is 9.04. The van der Waals surface area contributed by atoms with Crippen LogP contribution in [0.15, 0.2) is 79.9 Å². The van der Waals surface area contributed by atoms with Gasteiger partial charge in [-0.25, -0.2) is 4.68 Å². The molecule has 2 aromatic carbocycles. The van der Waals surface area contributed by atoms with Gasteiger partial charge in [0.25, 0.3) is 0 Å². The molecule has 47 heavy (non-hydrogen) atoms. The number of amides is 3. The fourth-order valence-electron chi connectivity index (χ4n) is 8.19. The zero-order valence-electron chi connectivity index (χ0n) is 27.2. The number of likely N-dealkylation sites (tertiary alicyclic amines) is 1. The molecule has 11 nitrogen and oxygen atoms in total. The summed E-state index contributed by atoms with van der Waals surface area (Å²) in [6, 6.07) is 15.3. The number of hydrogen-bond donors (Lipinski definition) is 1. The number of carbonyl (C=O) groups excluding carboxylic acids is 3. The molecule has 4 heterocycles. The van der Waals surface area contributed by atoms with Gasteiger partial charge in [0.05, 0.1) is 35.6 Å². The fraction of sp³-hybridized carbons (Fsp3) is 0.472. The van der Waals surface area contributed by atoms with Crippen molar-refractivity contribution in [3.8, 4) is 0 Å². The average molecular weight is 641 g/mol. The van der Waals surface area contributed by atoms with Gasteiger partial charge in [0, 0.05) is 19.6 Å². The zero-order chi connectivity index (χ0) is 33.3. The molecule has 248 valence electrons. The van der Waals surface area contributed by atoms with Crippen LogP contribution in [-0.2, 0) is 32.2 Å². The Hall–Kier alpha value is -4.35. The molecule has 3 saturated heterocycles. The third-order valence-electron chi connectivity index (χ3n) is 10.2. The zero-order valence-corrected chi connectivity index (χ0v) is 27.2. The van der Waals surface area contributed by atoms with Crippen LogP contribution >= 0.6 is 0 Å². The standard InChI is InChI=1S/C36H44N6O5/c1-5-19-39(20-6-2)32(44)29-30-33(45)42(26(23-43)22-25-13-9-8-10-14-25)31(36(30)18-17-35(29,4)47-36)34(46)40(21-7-3)24-41-28-16-12-11-15-27(28)37-38-41/h5,7-16,26,29-31,43H,1,3,6,17-24H2,2,4H3/t26-,29-,30+,31?,35+,36?/m1/s1. The normalized spacial score (nSPS) is 26.7. The maximum absolute atomic E-state index is 15.0. The molecule has 1 spiro atoms. The molecule has 3 amide bonds. The molecule has 0 radical (unpaired) electrons. The van der Waals surface area contributed by atoms with Crippen LogP contribution < -0.4 is 0 Å². The monoisotopic (exact) mass is 640 g/mol. The number of aromatic nitrogens is 3. The van der Waals surface area contributed by atoms with Crippen LogP contribution in [0.1, 0.15) is 38.7 Å². The summed E-state index contributed by atoms with van der Waals surface area (Å²) in [5.74, 6) is -2.50. The van der Waals surface area contributed by atoms with E-state index in [0.717, 1.165) is 17.5 Å². The van der Waals surface area contributed by atoms with Crippen LogP contribution in [0.5, 0.6) is 0 Å². The van der Waals surface area contributed by atoms with Crippen LogP contribution in [0.3, 0.4) is 0 Å². The first-order chi connectivity index (χ1) is 22.7. The minimum Gasteiger partial charge on any atom is -0.394 e. The van der Waals surface area contributed by atoms with E-state index in [4.69, 9.17) is 4.74 Å². The van der Waals surface area contributed by atoms with Crippen LogP contribution in [0.2, 0.25) is 0 Å². The van der Waals surface area contributed by atoms with E-state index < -0.39 is 35.1 Å². The molecule has 2 unspecified atom stereocenters. The van der Waals surface area contributed by atoms with Crippen molar-refractivity contribution >= 4 is 28.8 Å². The van der Waals surface area contributed by atoms with Gasteiger partial charge in [-0.05, 0) is 50.3 Å². The van der Waals surface area contributed by atoms with E-state index in [2.05, 4.69) is 23.5 Å². The molecule has 0 saturated carbocycles. The molecule has 0 aliphatic carbocycles. The Morgan fingerprint density at radius 3 is 2.47 bits per heavy atom. The predicted molar refractivity (Wildman–Crippen MR) is 177 cm³/mol. The number of ether oxygens (including phenoxy) is 1. The van der Waals surface area contributed by atoms with Crippen molar-refractivity contribution in [1.82, 2.24) is 29.7 Å². The predicted octanol–water partition coefficient (Wildman–Crippen LogP) is 3.20. The van der Waals surface area contributed by atoms with Gasteiger partial charge in [-0.15, -0.1) is 18.3 Å². The lowest BCUT2D eigenvalue weighted by Crippen LogP contribution is -2.59. The Labute approximate surface area is 275 Å². The van der Waals surface area contributed by atoms with Crippen LogP contribution in [0.25, 0.3) is 11.0 Å². The van der Waals surface area contributed by atoms with E-state index in [1.807, 2.05) is 68.4 Å². The van der Waals surface area contributed by atoms with Crippen molar-refractivity contribution < 1.29 is 24.2 Å². The van der Waals surface area contributed by atoms with Gasteiger partial charge in [0.1, 0.15) is 23.8 Å². The fourth-order valence-corrected chi connectivity index (χ4v) is 8.19. The maximum Gasteiger partial charge on any atom is 0.250 e. The molecular weight excluding hydrogens is 596 g/mol. The van der Waals surface area contributed by atoms with Crippen LogP contribution in [0.4, 0.5) is 0 Å². The largest absolute Gasteiger partial charge is 0.394 e. The molecule has 6 rings (SSSR count). The number of nitrogens with zero attached hydrogens (tertiary/aromatic N) is 6. The Bertz CT molecular complexity index is 1660. The van der Waals surface area contributed by atoms with Gasteiger partial charge in [0.15, 0.2) is 0 Å². The van der Waals surface area contributed by atoms with Crippen molar-refractivity contribution in [1.29, 1.82) is 0 Å². The highest BCUT2D eigenvalue weighted by Crippen LogP contribution is 2.64. The van der Waals surface area contributed by atoms with Gasteiger partial charge < -0.3 is 24.5 Å². The molecule has 3 aliphatic rings. The molecule has 11 heteroatoms. The quantitative estimate of drug-likeness (QED) is 0.269. The van der Waals surface area contributed by atoms with E-state index in [9.17, 15) is 14.7 Å². The summed E-state index contributed by atoms with van der Waals surface area (Å²) < 4.78 is 8.55. The molecule has 6 atom stereocenters. The number of fused-ring (bicyclic) bond motifs is 2. The van der Waals surface area contributed by atoms with Crippen molar-refractivity contribution in [2.24, 2.45) is 11.8 Å². The third-order valence-corrected chi connectivity index (χ3v) is 10.2. The number of rotatable bonds is 14. The van der Waals surface area contributed by atoms with E-state index in [1.165, 1.54) is 0 Å². The lowest BCUT2D eigenvalue weighted by molar-refractivity contribution is -0.157. The molecule has 2 bridgehead atoms. The highest BCUT2D eigenvalue weighted by molar-refractivity contribution is 5.99. The Balaban J connectivity index is 1.44. The first-order valence-corrected chi connectivity index (χ1v) is 16.5. The van der Waals surface area contributed by atoms with Crippen molar-refractivity contribution in [3.63, 3.8) is 0 Å². The first kappa shape index (κ1) is 32.6. The maximum atomic E-state index is 15.0. The minimum atomic E-state index is -1.25. The number of hydrogen-bond acceptors (Lipinski definition) is 7. The topological polar surface area (TPSA) is 121 Å². The summed E-state index contributed by atoms with van der Waals surface area (Å²) in [4.78, 5) is 49.1.